The first-order chi connectivity index (χ1) is 13.7. The predicted molar refractivity (Wildman–Crippen MR) is 116 cm³/mol. The largest absolute Gasteiger partial charge is 0.495 e. The normalized spacial score (nSPS) is 15.4. The third kappa shape index (κ3) is 4.17. The van der Waals surface area contributed by atoms with Gasteiger partial charge in [0.05, 0.1) is 19.2 Å². The van der Waals surface area contributed by atoms with E-state index in [1.165, 1.54) is 53.0 Å². The van der Waals surface area contributed by atoms with E-state index in [4.69, 9.17) is 21.1 Å². The van der Waals surface area contributed by atoms with Gasteiger partial charge in [0.1, 0.15) is 16.4 Å². The molecule has 0 spiro atoms. The van der Waals surface area contributed by atoms with Crippen LogP contribution in [0, 0.1) is 20.8 Å². The summed E-state index contributed by atoms with van der Waals surface area (Å²) in [5.74, 6) is 0.513. The first kappa shape index (κ1) is 21.7. The molecule has 1 heterocycles. The van der Waals surface area contributed by atoms with Gasteiger partial charge >= 0.3 is 0 Å². The van der Waals surface area contributed by atoms with Gasteiger partial charge in [-0.3, -0.25) is 0 Å². The molecule has 2 aromatic carbocycles. The van der Waals surface area contributed by atoms with E-state index < -0.39 is 10.0 Å². The van der Waals surface area contributed by atoms with Crippen molar-refractivity contribution in [2.75, 3.05) is 45.3 Å². The van der Waals surface area contributed by atoms with Gasteiger partial charge < -0.3 is 14.4 Å². The smallest absolute Gasteiger partial charge is 0.247 e. The average molecular weight is 439 g/mol. The molecule has 0 N–H and O–H groups in total. The summed E-state index contributed by atoms with van der Waals surface area (Å²) in [4.78, 5) is 2.33. The second-order valence-corrected chi connectivity index (χ2v) is 9.59. The molecule has 29 heavy (non-hydrogen) atoms. The number of hydrogen-bond acceptors (Lipinski definition) is 5. The number of aryl methyl sites for hydroxylation is 3. The summed E-state index contributed by atoms with van der Waals surface area (Å²) < 4.78 is 38.6. The molecule has 8 heteroatoms. The Bertz CT molecular complexity index is 993. The zero-order valence-corrected chi connectivity index (χ0v) is 19.0. The SMILES string of the molecule is COc1cc(S(=O)(=O)N2CCN(c3c(C)cc(C)cc3C)CC2)c(OC)cc1Cl. The van der Waals surface area contributed by atoms with Crippen LogP contribution in [-0.4, -0.2) is 53.1 Å². The summed E-state index contributed by atoms with van der Waals surface area (Å²) in [5.41, 5.74) is 4.85. The van der Waals surface area contributed by atoms with E-state index in [-0.39, 0.29) is 10.6 Å². The van der Waals surface area contributed by atoms with Crippen molar-refractivity contribution in [1.29, 1.82) is 0 Å². The van der Waals surface area contributed by atoms with Crippen LogP contribution in [-0.2, 0) is 10.0 Å². The molecule has 1 saturated heterocycles. The van der Waals surface area contributed by atoms with Crippen molar-refractivity contribution < 1.29 is 17.9 Å². The van der Waals surface area contributed by atoms with E-state index in [1.54, 1.807) is 0 Å². The van der Waals surface area contributed by atoms with Gasteiger partial charge in [0, 0.05) is 44.0 Å². The molecule has 1 fully saturated rings. The molecule has 0 bridgehead atoms. The van der Waals surface area contributed by atoms with Crippen LogP contribution in [0.1, 0.15) is 16.7 Å². The van der Waals surface area contributed by atoms with Crippen molar-refractivity contribution in [3.05, 3.63) is 46.0 Å². The fraction of sp³-hybridized carbons (Fsp3) is 0.429. The number of benzene rings is 2. The fourth-order valence-corrected chi connectivity index (χ4v) is 5.80. The van der Waals surface area contributed by atoms with Gasteiger partial charge in [0.25, 0.3) is 0 Å². The number of sulfonamides is 1. The van der Waals surface area contributed by atoms with Crippen LogP contribution in [0.5, 0.6) is 11.5 Å². The highest BCUT2D eigenvalue weighted by atomic mass is 35.5. The lowest BCUT2D eigenvalue weighted by Crippen LogP contribution is -2.49. The lowest BCUT2D eigenvalue weighted by atomic mass is 10.0. The molecule has 0 aliphatic carbocycles. The number of nitrogens with zero attached hydrogens (tertiary/aromatic N) is 2. The van der Waals surface area contributed by atoms with Gasteiger partial charge in [0.15, 0.2) is 0 Å². The summed E-state index contributed by atoms with van der Waals surface area (Å²) in [7, 11) is -0.862. The summed E-state index contributed by atoms with van der Waals surface area (Å²) in [6.45, 7) is 8.31. The minimum atomic E-state index is -3.74. The van der Waals surface area contributed by atoms with E-state index in [0.29, 0.717) is 37.0 Å². The zero-order valence-electron chi connectivity index (χ0n) is 17.5. The highest BCUT2D eigenvalue weighted by Crippen LogP contribution is 2.37. The van der Waals surface area contributed by atoms with Crippen LogP contribution >= 0.6 is 11.6 Å². The Morgan fingerprint density at radius 2 is 1.41 bits per heavy atom. The van der Waals surface area contributed by atoms with E-state index in [9.17, 15) is 8.42 Å². The monoisotopic (exact) mass is 438 g/mol. The highest BCUT2D eigenvalue weighted by Gasteiger charge is 2.32. The fourth-order valence-electron chi connectivity index (χ4n) is 4.00. The standard InChI is InChI=1S/C21H27ClN2O4S/c1-14-10-15(2)21(16(3)11-14)23-6-8-24(9-7-23)29(25,26)20-13-18(27-4)17(22)12-19(20)28-5/h10-13H,6-9H2,1-5H3. The number of ether oxygens (including phenoxy) is 2. The number of piperazine rings is 1. The minimum absolute atomic E-state index is 0.0670. The second-order valence-electron chi connectivity index (χ2n) is 7.28. The Morgan fingerprint density at radius 3 is 1.93 bits per heavy atom. The van der Waals surface area contributed by atoms with Crippen molar-refractivity contribution in [3.8, 4) is 11.5 Å². The van der Waals surface area contributed by atoms with Crippen molar-refractivity contribution in [3.63, 3.8) is 0 Å². The summed E-state index contributed by atoms with van der Waals surface area (Å²) in [6.07, 6.45) is 0. The van der Waals surface area contributed by atoms with E-state index >= 15 is 0 Å². The van der Waals surface area contributed by atoms with E-state index in [1.807, 2.05) is 0 Å². The Labute approximate surface area is 178 Å². The first-order valence-corrected chi connectivity index (χ1v) is 11.2. The molecule has 0 unspecified atom stereocenters. The van der Waals surface area contributed by atoms with Gasteiger partial charge in [-0.2, -0.15) is 4.31 Å². The van der Waals surface area contributed by atoms with Gasteiger partial charge in [-0.1, -0.05) is 29.3 Å². The maximum atomic E-state index is 13.3. The predicted octanol–water partition coefficient (Wildman–Crippen LogP) is 3.79. The molecule has 158 valence electrons. The van der Waals surface area contributed by atoms with Crippen LogP contribution in [0.4, 0.5) is 5.69 Å². The molecule has 0 aromatic heterocycles. The highest BCUT2D eigenvalue weighted by molar-refractivity contribution is 7.89. The molecule has 0 atom stereocenters. The molecule has 0 saturated carbocycles. The number of rotatable bonds is 5. The van der Waals surface area contributed by atoms with Gasteiger partial charge in [-0.15, -0.1) is 0 Å². The van der Waals surface area contributed by atoms with Crippen molar-refractivity contribution in [2.24, 2.45) is 0 Å². The van der Waals surface area contributed by atoms with Crippen LogP contribution in [0.2, 0.25) is 5.02 Å². The van der Waals surface area contributed by atoms with Crippen molar-refractivity contribution >= 4 is 27.3 Å². The van der Waals surface area contributed by atoms with Crippen LogP contribution in [0.15, 0.2) is 29.2 Å². The number of methoxy groups -OCH3 is 2. The van der Waals surface area contributed by atoms with Gasteiger partial charge in [-0.05, 0) is 31.9 Å². The second kappa shape index (κ2) is 8.42. The maximum absolute atomic E-state index is 13.3. The van der Waals surface area contributed by atoms with Crippen LogP contribution in [0.3, 0.4) is 0 Å². The molecule has 0 radical (unpaired) electrons. The summed E-state index contributed by atoms with van der Waals surface area (Å²) in [6, 6.07) is 7.23. The third-order valence-electron chi connectivity index (χ3n) is 5.25. The van der Waals surface area contributed by atoms with E-state index in [0.717, 1.165) is 0 Å². The molecular weight excluding hydrogens is 412 g/mol. The maximum Gasteiger partial charge on any atom is 0.247 e. The van der Waals surface area contributed by atoms with Crippen molar-refractivity contribution in [1.82, 2.24) is 4.31 Å². The Hall–Kier alpha value is -1.96. The molecule has 2 aromatic rings. The minimum Gasteiger partial charge on any atom is -0.495 e. The topological polar surface area (TPSA) is 59.1 Å². The zero-order chi connectivity index (χ0) is 21.3. The first-order valence-electron chi connectivity index (χ1n) is 9.43. The van der Waals surface area contributed by atoms with Crippen LogP contribution in [0.25, 0.3) is 0 Å². The number of hydrogen-bond donors (Lipinski definition) is 0. The molecule has 6 nitrogen and oxygen atoms in total. The van der Waals surface area contributed by atoms with Crippen molar-refractivity contribution in [2.45, 2.75) is 25.7 Å². The van der Waals surface area contributed by atoms with E-state index in [2.05, 4.69) is 37.8 Å². The molecule has 1 aliphatic rings. The molecular formula is C21H27ClN2O4S. The Balaban J connectivity index is 1.86. The Morgan fingerprint density at radius 1 is 0.862 bits per heavy atom. The number of halogens is 1. The molecule has 1 aliphatic heterocycles. The van der Waals surface area contributed by atoms with Gasteiger partial charge in [0.2, 0.25) is 10.0 Å². The van der Waals surface area contributed by atoms with Gasteiger partial charge in [-0.25, -0.2) is 8.42 Å². The lowest BCUT2D eigenvalue weighted by Gasteiger charge is -2.37. The number of anilines is 1. The average Bonchev–Trinajstić information content (AvgIpc) is 2.67. The van der Waals surface area contributed by atoms with Crippen LogP contribution < -0.4 is 14.4 Å². The summed E-state index contributed by atoms with van der Waals surface area (Å²) in [5, 5.41) is 0.304. The molecule has 0 amide bonds. The lowest BCUT2D eigenvalue weighted by molar-refractivity contribution is 0.370. The molecule has 3 rings (SSSR count). The Kier molecular flexibility index (Phi) is 6.31. The quantitative estimate of drug-likeness (QED) is 0.710. The summed E-state index contributed by atoms with van der Waals surface area (Å²) >= 11 is 6.12. The third-order valence-corrected chi connectivity index (χ3v) is 7.46.